The van der Waals surface area contributed by atoms with Gasteiger partial charge in [-0.15, -0.1) is 0 Å². The molecule has 0 amide bonds. The average molecular weight is 270 g/mol. The predicted octanol–water partition coefficient (Wildman–Crippen LogP) is 1.98. The van der Waals surface area contributed by atoms with Gasteiger partial charge in [0.2, 0.25) is 0 Å². The minimum absolute atomic E-state index is 0.150. The van der Waals surface area contributed by atoms with Crippen molar-refractivity contribution >= 4 is 0 Å². The molecule has 1 heterocycles. The molecule has 0 spiro atoms. The number of hydrogen-bond donors (Lipinski definition) is 2. The largest absolute Gasteiger partial charge is 0.372 e. The Hall–Kier alpha value is -1.04. The fourth-order valence-electron chi connectivity index (χ4n) is 2.55. The Kier molecular flexibility index (Phi) is 5.24. The van der Waals surface area contributed by atoms with Crippen LogP contribution in [-0.4, -0.2) is 26.2 Å². The topological polar surface area (TPSA) is 47.3 Å². The van der Waals surface area contributed by atoms with Crippen molar-refractivity contribution < 1.29 is 13.5 Å². The monoisotopic (exact) mass is 270 g/mol. The molecule has 0 aromatic heterocycles. The summed E-state index contributed by atoms with van der Waals surface area (Å²) in [5.74, 6) is -1.49. The Labute approximate surface area is 112 Å². The van der Waals surface area contributed by atoms with E-state index >= 15 is 0 Å². The molecule has 3 nitrogen and oxygen atoms in total. The van der Waals surface area contributed by atoms with Gasteiger partial charge >= 0.3 is 0 Å². The number of rotatable bonds is 5. The first-order valence-corrected chi connectivity index (χ1v) is 6.70. The van der Waals surface area contributed by atoms with Gasteiger partial charge in [0.15, 0.2) is 11.6 Å². The minimum Gasteiger partial charge on any atom is -0.372 e. The molecule has 1 fully saturated rings. The maximum absolute atomic E-state index is 13.9. The smallest absolute Gasteiger partial charge is 0.164 e. The molecule has 0 aliphatic carbocycles. The van der Waals surface area contributed by atoms with Gasteiger partial charge in [-0.3, -0.25) is 0 Å². The van der Waals surface area contributed by atoms with E-state index in [1.54, 1.807) is 6.07 Å². The van der Waals surface area contributed by atoms with Crippen LogP contribution in [0.25, 0.3) is 0 Å². The highest BCUT2D eigenvalue weighted by molar-refractivity contribution is 5.22. The van der Waals surface area contributed by atoms with E-state index in [0.29, 0.717) is 18.7 Å². The van der Waals surface area contributed by atoms with E-state index in [-0.39, 0.29) is 5.92 Å². The highest BCUT2D eigenvalue weighted by Gasteiger charge is 2.28. The van der Waals surface area contributed by atoms with Crippen molar-refractivity contribution in [2.75, 3.05) is 26.2 Å². The maximum atomic E-state index is 13.9. The number of nitrogens with one attached hydrogen (secondary N) is 1. The van der Waals surface area contributed by atoms with Crippen LogP contribution in [0.5, 0.6) is 0 Å². The quantitative estimate of drug-likeness (QED) is 0.860. The van der Waals surface area contributed by atoms with Gasteiger partial charge in [0, 0.05) is 24.6 Å². The molecule has 0 bridgehead atoms. The summed E-state index contributed by atoms with van der Waals surface area (Å²) in [6, 6.07) is 4.23. The predicted molar refractivity (Wildman–Crippen MR) is 69.7 cm³/mol. The second-order valence-electron chi connectivity index (χ2n) is 4.83. The highest BCUT2D eigenvalue weighted by atomic mass is 19.2. The van der Waals surface area contributed by atoms with Crippen molar-refractivity contribution in [2.45, 2.75) is 18.9 Å². The molecule has 106 valence electrons. The van der Waals surface area contributed by atoms with Crippen LogP contribution in [0.15, 0.2) is 18.2 Å². The van der Waals surface area contributed by atoms with Crippen LogP contribution in [0.1, 0.15) is 24.5 Å². The SMILES string of the molecule is NCCO[C@@H](c1cccc(F)c1F)[C@@H]1CCCNC1. The maximum Gasteiger partial charge on any atom is 0.164 e. The third-order valence-corrected chi connectivity index (χ3v) is 3.47. The Morgan fingerprint density at radius 1 is 1.42 bits per heavy atom. The van der Waals surface area contributed by atoms with Gasteiger partial charge in [-0.2, -0.15) is 0 Å². The Morgan fingerprint density at radius 2 is 2.26 bits per heavy atom. The normalized spacial score (nSPS) is 21.3. The molecule has 5 heteroatoms. The van der Waals surface area contributed by atoms with Gasteiger partial charge in [0.05, 0.1) is 12.7 Å². The molecule has 1 aromatic rings. The molecule has 2 rings (SSSR count). The molecule has 1 aromatic carbocycles. The van der Waals surface area contributed by atoms with Gasteiger partial charge in [-0.05, 0) is 25.5 Å². The van der Waals surface area contributed by atoms with E-state index in [1.165, 1.54) is 6.07 Å². The summed E-state index contributed by atoms with van der Waals surface area (Å²) < 4.78 is 33.0. The summed E-state index contributed by atoms with van der Waals surface area (Å²) in [5.41, 5.74) is 5.74. The van der Waals surface area contributed by atoms with Crippen LogP contribution in [0.3, 0.4) is 0 Å². The first-order valence-electron chi connectivity index (χ1n) is 6.70. The van der Waals surface area contributed by atoms with E-state index in [0.717, 1.165) is 32.0 Å². The third-order valence-electron chi connectivity index (χ3n) is 3.47. The molecule has 2 atom stereocenters. The number of halogens is 2. The van der Waals surface area contributed by atoms with Crippen LogP contribution in [-0.2, 0) is 4.74 Å². The summed E-state index contributed by atoms with van der Waals surface area (Å²) in [6.07, 6.45) is 1.52. The summed E-state index contributed by atoms with van der Waals surface area (Å²) in [6.45, 7) is 2.43. The van der Waals surface area contributed by atoms with E-state index in [4.69, 9.17) is 10.5 Å². The molecule has 3 N–H and O–H groups in total. The molecule has 0 radical (unpaired) electrons. The van der Waals surface area contributed by atoms with Crippen molar-refractivity contribution in [1.29, 1.82) is 0 Å². The van der Waals surface area contributed by atoms with Gasteiger partial charge in [0.1, 0.15) is 0 Å². The number of nitrogens with two attached hydrogens (primary N) is 1. The standard InChI is InChI=1S/C14H20F2N2O/c15-12-5-1-4-11(13(12)16)14(19-8-6-17)10-3-2-7-18-9-10/h1,4-5,10,14,18H,2-3,6-9,17H2/t10-,14-/m1/s1. The zero-order valence-electron chi connectivity index (χ0n) is 10.9. The molecular formula is C14H20F2N2O. The van der Waals surface area contributed by atoms with Gasteiger partial charge in [0.25, 0.3) is 0 Å². The van der Waals surface area contributed by atoms with Gasteiger partial charge in [-0.25, -0.2) is 8.78 Å². The number of hydrogen-bond acceptors (Lipinski definition) is 3. The first kappa shape index (κ1) is 14.4. The summed E-state index contributed by atoms with van der Waals surface area (Å²) in [4.78, 5) is 0. The Balaban J connectivity index is 2.22. The average Bonchev–Trinajstić information content (AvgIpc) is 2.45. The van der Waals surface area contributed by atoms with Crippen LogP contribution in [0.4, 0.5) is 8.78 Å². The second kappa shape index (κ2) is 6.93. The molecular weight excluding hydrogens is 250 g/mol. The van der Waals surface area contributed by atoms with Crippen molar-refractivity contribution in [3.8, 4) is 0 Å². The minimum atomic E-state index is -0.831. The molecule has 19 heavy (non-hydrogen) atoms. The van der Waals surface area contributed by atoms with Crippen molar-refractivity contribution in [1.82, 2.24) is 5.32 Å². The van der Waals surface area contributed by atoms with Crippen molar-refractivity contribution in [3.05, 3.63) is 35.4 Å². The molecule has 0 saturated carbocycles. The Bertz CT molecular complexity index is 408. The lowest BCUT2D eigenvalue weighted by Gasteiger charge is -2.31. The lowest BCUT2D eigenvalue weighted by atomic mass is 9.89. The highest BCUT2D eigenvalue weighted by Crippen LogP contribution is 2.32. The number of piperidine rings is 1. The van der Waals surface area contributed by atoms with Crippen LogP contribution < -0.4 is 11.1 Å². The lowest BCUT2D eigenvalue weighted by molar-refractivity contribution is 0.00462. The van der Waals surface area contributed by atoms with E-state index in [9.17, 15) is 8.78 Å². The lowest BCUT2D eigenvalue weighted by Crippen LogP contribution is -2.35. The summed E-state index contributed by atoms with van der Waals surface area (Å²) in [5, 5.41) is 3.27. The van der Waals surface area contributed by atoms with E-state index in [1.807, 2.05) is 0 Å². The molecule has 0 unspecified atom stereocenters. The molecule has 1 aliphatic heterocycles. The second-order valence-corrected chi connectivity index (χ2v) is 4.83. The third kappa shape index (κ3) is 3.49. The molecule has 1 aliphatic rings. The molecule has 1 saturated heterocycles. The number of ether oxygens (including phenoxy) is 1. The first-order chi connectivity index (χ1) is 9.24. The Morgan fingerprint density at radius 3 is 2.95 bits per heavy atom. The van der Waals surface area contributed by atoms with E-state index in [2.05, 4.69) is 5.32 Å². The van der Waals surface area contributed by atoms with Crippen LogP contribution >= 0.6 is 0 Å². The van der Waals surface area contributed by atoms with Crippen molar-refractivity contribution in [2.24, 2.45) is 11.7 Å². The van der Waals surface area contributed by atoms with Gasteiger partial charge < -0.3 is 15.8 Å². The zero-order chi connectivity index (χ0) is 13.7. The fraction of sp³-hybridized carbons (Fsp3) is 0.571. The van der Waals surface area contributed by atoms with Crippen LogP contribution in [0.2, 0.25) is 0 Å². The summed E-state index contributed by atoms with van der Waals surface area (Å²) in [7, 11) is 0. The fourth-order valence-corrected chi connectivity index (χ4v) is 2.55. The van der Waals surface area contributed by atoms with Gasteiger partial charge in [-0.1, -0.05) is 12.1 Å². The number of benzene rings is 1. The zero-order valence-corrected chi connectivity index (χ0v) is 10.9. The van der Waals surface area contributed by atoms with Crippen LogP contribution in [0, 0.1) is 17.6 Å². The van der Waals surface area contributed by atoms with E-state index < -0.39 is 17.7 Å². The van der Waals surface area contributed by atoms with Crippen molar-refractivity contribution in [3.63, 3.8) is 0 Å². The summed E-state index contributed by atoms with van der Waals surface area (Å²) >= 11 is 0.